The number of benzene rings is 2. The highest BCUT2D eigenvalue weighted by atomic mass is 19.1. The number of carboxylic acids is 1. The molecule has 108 valence electrons. The average molecular weight is 291 g/mol. The van der Waals surface area contributed by atoms with Gasteiger partial charge in [-0.3, -0.25) is 10.1 Å². The SMILES string of the molecule is O=C(O)C(Oc1c(F)cccc1[N+](=O)[O-])c1ccccc1. The van der Waals surface area contributed by atoms with E-state index in [4.69, 9.17) is 4.74 Å². The predicted molar refractivity (Wildman–Crippen MR) is 70.5 cm³/mol. The summed E-state index contributed by atoms with van der Waals surface area (Å²) in [7, 11) is 0. The lowest BCUT2D eigenvalue weighted by atomic mass is 10.1. The van der Waals surface area contributed by atoms with Crippen molar-refractivity contribution in [3.8, 4) is 5.75 Å². The fourth-order valence-corrected chi connectivity index (χ4v) is 1.76. The van der Waals surface area contributed by atoms with Crippen molar-refractivity contribution in [3.05, 3.63) is 70.0 Å². The summed E-state index contributed by atoms with van der Waals surface area (Å²) in [6.45, 7) is 0. The zero-order valence-corrected chi connectivity index (χ0v) is 10.6. The summed E-state index contributed by atoms with van der Waals surface area (Å²) in [5, 5.41) is 20.1. The van der Waals surface area contributed by atoms with Gasteiger partial charge in [0.25, 0.3) is 0 Å². The fraction of sp³-hybridized carbons (Fsp3) is 0.0714. The molecule has 0 saturated carbocycles. The van der Waals surface area contributed by atoms with Gasteiger partial charge in [0.05, 0.1) is 4.92 Å². The van der Waals surface area contributed by atoms with Crippen molar-refractivity contribution in [1.82, 2.24) is 0 Å². The van der Waals surface area contributed by atoms with Crippen LogP contribution >= 0.6 is 0 Å². The Kier molecular flexibility index (Phi) is 4.13. The second kappa shape index (κ2) is 6.00. The van der Waals surface area contributed by atoms with Gasteiger partial charge in [-0.2, -0.15) is 0 Å². The molecule has 2 aromatic rings. The Balaban J connectivity index is 2.43. The lowest BCUT2D eigenvalue weighted by Gasteiger charge is -2.15. The minimum absolute atomic E-state index is 0.252. The first kappa shape index (κ1) is 14.4. The van der Waals surface area contributed by atoms with Gasteiger partial charge in [-0.15, -0.1) is 0 Å². The van der Waals surface area contributed by atoms with Crippen LogP contribution in [0.15, 0.2) is 48.5 Å². The second-order valence-electron chi connectivity index (χ2n) is 4.09. The predicted octanol–water partition coefficient (Wildman–Crippen LogP) is 2.94. The molecular formula is C14H10FNO5. The topological polar surface area (TPSA) is 89.7 Å². The van der Waals surface area contributed by atoms with Crippen molar-refractivity contribution in [3.63, 3.8) is 0 Å². The van der Waals surface area contributed by atoms with Crippen molar-refractivity contribution in [2.24, 2.45) is 0 Å². The van der Waals surface area contributed by atoms with Gasteiger partial charge < -0.3 is 9.84 Å². The first-order valence-electron chi connectivity index (χ1n) is 5.88. The van der Waals surface area contributed by atoms with Gasteiger partial charge in [-0.25, -0.2) is 9.18 Å². The maximum Gasteiger partial charge on any atom is 0.349 e. The van der Waals surface area contributed by atoms with Crippen LogP contribution in [0.5, 0.6) is 5.75 Å². The molecule has 2 aromatic carbocycles. The molecule has 1 atom stereocenters. The first-order chi connectivity index (χ1) is 10.0. The number of ether oxygens (including phenoxy) is 1. The summed E-state index contributed by atoms with van der Waals surface area (Å²) in [6, 6.07) is 11.0. The van der Waals surface area contributed by atoms with Crippen molar-refractivity contribution in [1.29, 1.82) is 0 Å². The van der Waals surface area contributed by atoms with Gasteiger partial charge in [0, 0.05) is 11.6 Å². The molecule has 0 aliphatic heterocycles. The highest BCUT2D eigenvalue weighted by Crippen LogP contribution is 2.33. The van der Waals surface area contributed by atoms with E-state index in [0.29, 0.717) is 0 Å². The van der Waals surface area contributed by atoms with Crippen LogP contribution in [0.1, 0.15) is 11.7 Å². The van der Waals surface area contributed by atoms with Gasteiger partial charge in [0.2, 0.25) is 11.9 Å². The standard InChI is InChI=1S/C14H10FNO5/c15-10-7-4-8-11(16(19)20)13(10)21-12(14(17)18)9-5-2-1-3-6-9/h1-8,12H,(H,17,18). The first-order valence-corrected chi connectivity index (χ1v) is 5.88. The lowest BCUT2D eigenvalue weighted by molar-refractivity contribution is -0.386. The van der Waals surface area contributed by atoms with Crippen LogP contribution in [0.25, 0.3) is 0 Å². The third-order valence-electron chi connectivity index (χ3n) is 2.71. The van der Waals surface area contributed by atoms with Gasteiger partial charge in [-0.05, 0) is 6.07 Å². The normalized spacial score (nSPS) is 11.7. The van der Waals surface area contributed by atoms with Crippen LogP contribution in [-0.4, -0.2) is 16.0 Å². The monoisotopic (exact) mass is 291 g/mol. The molecule has 0 radical (unpaired) electrons. The lowest BCUT2D eigenvalue weighted by Crippen LogP contribution is -2.19. The third-order valence-corrected chi connectivity index (χ3v) is 2.71. The van der Waals surface area contributed by atoms with Gasteiger partial charge in [0.15, 0.2) is 5.82 Å². The molecule has 0 bridgehead atoms. The summed E-state index contributed by atoms with van der Waals surface area (Å²) in [5.41, 5.74) is -0.375. The van der Waals surface area contributed by atoms with Crippen molar-refractivity contribution in [2.45, 2.75) is 6.10 Å². The fourth-order valence-electron chi connectivity index (χ4n) is 1.76. The van der Waals surface area contributed by atoms with Crippen LogP contribution in [0, 0.1) is 15.9 Å². The molecular weight excluding hydrogens is 281 g/mol. The number of halogens is 1. The van der Waals surface area contributed by atoms with Crippen LogP contribution in [0.2, 0.25) is 0 Å². The number of rotatable bonds is 5. The zero-order valence-electron chi connectivity index (χ0n) is 10.6. The smallest absolute Gasteiger partial charge is 0.349 e. The molecule has 0 spiro atoms. The van der Waals surface area contributed by atoms with Crippen LogP contribution in [0.3, 0.4) is 0 Å². The molecule has 0 aliphatic carbocycles. The Hall–Kier alpha value is -2.96. The Morgan fingerprint density at radius 1 is 1.19 bits per heavy atom. The van der Waals surface area contributed by atoms with E-state index in [-0.39, 0.29) is 5.56 Å². The quantitative estimate of drug-likeness (QED) is 0.675. The molecule has 0 amide bonds. The molecule has 0 heterocycles. The molecule has 7 heteroatoms. The average Bonchev–Trinajstić information content (AvgIpc) is 2.46. The minimum Gasteiger partial charge on any atom is -0.478 e. The second-order valence-corrected chi connectivity index (χ2v) is 4.09. The largest absolute Gasteiger partial charge is 0.478 e. The molecule has 1 N–H and O–H groups in total. The molecule has 6 nitrogen and oxygen atoms in total. The molecule has 0 fully saturated rings. The van der Waals surface area contributed by atoms with E-state index < -0.39 is 34.3 Å². The Bertz CT molecular complexity index is 674. The number of nitro benzene ring substituents is 1. The Morgan fingerprint density at radius 2 is 1.86 bits per heavy atom. The number of nitrogens with zero attached hydrogens (tertiary/aromatic N) is 1. The molecule has 2 rings (SSSR count). The van der Waals surface area contributed by atoms with Gasteiger partial charge in [-0.1, -0.05) is 36.4 Å². The van der Waals surface area contributed by atoms with E-state index in [1.807, 2.05) is 0 Å². The summed E-state index contributed by atoms with van der Waals surface area (Å²) >= 11 is 0. The number of para-hydroxylation sites is 1. The van der Waals surface area contributed by atoms with Crippen molar-refractivity contribution >= 4 is 11.7 Å². The Labute approximate surface area is 118 Å². The minimum atomic E-state index is -1.54. The van der Waals surface area contributed by atoms with Gasteiger partial charge >= 0.3 is 11.7 Å². The number of nitro groups is 1. The van der Waals surface area contributed by atoms with Gasteiger partial charge in [0.1, 0.15) is 0 Å². The zero-order chi connectivity index (χ0) is 15.4. The number of hydrogen-bond donors (Lipinski definition) is 1. The molecule has 1 unspecified atom stereocenters. The summed E-state index contributed by atoms with van der Waals surface area (Å²) in [6.07, 6.45) is -1.54. The van der Waals surface area contributed by atoms with Crippen LogP contribution in [0.4, 0.5) is 10.1 Å². The number of hydrogen-bond acceptors (Lipinski definition) is 4. The van der Waals surface area contributed by atoms with E-state index in [0.717, 1.165) is 18.2 Å². The molecule has 0 aromatic heterocycles. The number of carbonyl (C=O) groups is 1. The van der Waals surface area contributed by atoms with E-state index in [2.05, 4.69) is 0 Å². The maximum atomic E-state index is 13.7. The van der Waals surface area contributed by atoms with Crippen molar-refractivity contribution < 1.29 is 24.0 Å². The van der Waals surface area contributed by atoms with Crippen LogP contribution < -0.4 is 4.74 Å². The van der Waals surface area contributed by atoms with E-state index in [9.17, 15) is 24.4 Å². The summed E-state index contributed by atoms with van der Waals surface area (Å²) in [4.78, 5) is 21.3. The highest BCUT2D eigenvalue weighted by molar-refractivity contribution is 5.75. The molecule has 21 heavy (non-hydrogen) atoms. The number of carboxylic acid groups (broad SMARTS) is 1. The maximum absolute atomic E-state index is 13.7. The summed E-state index contributed by atoms with van der Waals surface area (Å²) in [5.74, 6) is -3.07. The Morgan fingerprint density at radius 3 is 2.43 bits per heavy atom. The summed E-state index contributed by atoms with van der Waals surface area (Å²) < 4.78 is 18.8. The van der Waals surface area contributed by atoms with E-state index in [1.165, 1.54) is 12.1 Å². The van der Waals surface area contributed by atoms with Crippen LogP contribution in [-0.2, 0) is 4.79 Å². The third kappa shape index (κ3) is 3.14. The van der Waals surface area contributed by atoms with E-state index >= 15 is 0 Å². The van der Waals surface area contributed by atoms with E-state index in [1.54, 1.807) is 18.2 Å². The number of aliphatic carboxylic acids is 1. The molecule has 0 aliphatic rings. The highest BCUT2D eigenvalue weighted by Gasteiger charge is 2.28. The molecule has 0 saturated heterocycles. The van der Waals surface area contributed by atoms with Crippen molar-refractivity contribution in [2.75, 3.05) is 0 Å².